The Bertz CT molecular complexity index is 312. The van der Waals surface area contributed by atoms with Crippen LogP contribution in [0.4, 0.5) is 0 Å². The molecule has 0 aliphatic rings. The van der Waals surface area contributed by atoms with Gasteiger partial charge in [0.2, 0.25) is 0 Å². The van der Waals surface area contributed by atoms with Crippen molar-refractivity contribution < 1.29 is 9.84 Å². The molecule has 96 valence electrons. The Morgan fingerprint density at radius 2 is 1.59 bits per heavy atom. The van der Waals surface area contributed by atoms with Crippen molar-refractivity contribution >= 4 is 0 Å². The maximum atomic E-state index is 10.2. The molecule has 0 heterocycles. The smallest absolute Gasteiger partial charge is 0.119 e. The van der Waals surface area contributed by atoms with Gasteiger partial charge in [-0.15, -0.1) is 0 Å². The first kappa shape index (κ1) is 14.0. The van der Waals surface area contributed by atoms with E-state index in [-0.39, 0.29) is 12.2 Å². The molecule has 0 amide bonds. The lowest BCUT2D eigenvalue weighted by molar-refractivity contribution is 0.103. The summed E-state index contributed by atoms with van der Waals surface area (Å²) in [5.41, 5.74) is 0.981. The average molecular weight is 236 g/mol. The van der Waals surface area contributed by atoms with E-state index in [4.69, 9.17) is 4.74 Å². The Hall–Kier alpha value is -1.02. The highest BCUT2D eigenvalue weighted by atomic mass is 16.5. The molecule has 0 aliphatic heterocycles. The molecule has 0 aromatic heterocycles. The van der Waals surface area contributed by atoms with Gasteiger partial charge in [-0.3, -0.25) is 0 Å². The van der Waals surface area contributed by atoms with Crippen LogP contribution < -0.4 is 4.74 Å². The molecule has 0 saturated heterocycles. The molecule has 1 rings (SSSR count). The van der Waals surface area contributed by atoms with Gasteiger partial charge in [0.25, 0.3) is 0 Å². The van der Waals surface area contributed by atoms with Crippen molar-refractivity contribution in [3.63, 3.8) is 0 Å². The van der Waals surface area contributed by atoms with Crippen LogP contribution >= 0.6 is 0 Å². The van der Waals surface area contributed by atoms with Gasteiger partial charge in [0.15, 0.2) is 0 Å². The second-order valence-electron chi connectivity index (χ2n) is 4.76. The molecule has 1 aromatic rings. The fraction of sp³-hybridized carbons (Fsp3) is 0.600. The topological polar surface area (TPSA) is 29.5 Å². The van der Waals surface area contributed by atoms with Crippen molar-refractivity contribution in [3.8, 4) is 5.75 Å². The molecule has 1 N–H and O–H groups in total. The monoisotopic (exact) mass is 236 g/mol. The molecule has 1 atom stereocenters. The van der Waals surface area contributed by atoms with E-state index >= 15 is 0 Å². The van der Waals surface area contributed by atoms with Crippen LogP contribution in [0.2, 0.25) is 0 Å². The van der Waals surface area contributed by atoms with E-state index in [9.17, 15) is 5.11 Å². The van der Waals surface area contributed by atoms with Gasteiger partial charge in [-0.1, -0.05) is 38.8 Å². The molecule has 0 spiro atoms. The van der Waals surface area contributed by atoms with Gasteiger partial charge < -0.3 is 9.84 Å². The van der Waals surface area contributed by atoms with Crippen molar-refractivity contribution in [1.82, 2.24) is 0 Å². The number of ether oxygens (including phenoxy) is 1. The highest BCUT2D eigenvalue weighted by molar-refractivity contribution is 5.28. The molecule has 0 aliphatic carbocycles. The van der Waals surface area contributed by atoms with E-state index in [2.05, 4.69) is 13.8 Å². The summed E-state index contributed by atoms with van der Waals surface area (Å²) in [6.07, 6.45) is 1.83. The third-order valence-electron chi connectivity index (χ3n) is 3.09. The molecule has 1 aromatic carbocycles. The van der Waals surface area contributed by atoms with Gasteiger partial charge in [0.05, 0.1) is 12.2 Å². The molecular weight excluding hydrogens is 212 g/mol. The van der Waals surface area contributed by atoms with Crippen LogP contribution in [-0.2, 0) is 0 Å². The Kier molecular flexibility index (Phi) is 5.49. The molecule has 2 heteroatoms. The van der Waals surface area contributed by atoms with E-state index in [0.717, 1.165) is 24.2 Å². The summed E-state index contributed by atoms with van der Waals surface area (Å²) >= 11 is 0. The Balaban J connectivity index is 2.72. The predicted molar refractivity (Wildman–Crippen MR) is 71.2 cm³/mol. The zero-order chi connectivity index (χ0) is 12.8. The standard InChI is InChI=1S/C15H24O2/c1-5-12(6-2)15(16)13-7-9-14(10-8-13)17-11(3)4/h7-12,15-16H,5-6H2,1-4H3. The third-order valence-corrected chi connectivity index (χ3v) is 3.09. The highest BCUT2D eigenvalue weighted by Gasteiger charge is 2.17. The van der Waals surface area contributed by atoms with Gasteiger partial charge in [0, 0.05) is 0 Å². The zero-order valence-corrected chi connectivity index (χ0v) is 11.3. The van der Waals surface area contributed by atoms with Crippen LogP contribution in [-0.4, -0.2) is 11.2 Å². The maximum absolute atomic E-state index is 10.2. The Morgan fingerprint density at radius 3 is 2.00 bits per heavy atom. The fourth-order valence-corrected chi connectivity index (χ4v) is 2.02. The van der Waals surface area contributed by atoms with Gasteiger partial charge in [-0.2, -0.15) is 0 Å². The largest absolute Gasteiger partial charge is 0.491 e. The van der Waals surface area contributed by atoms with E-state index in [1.54, 1.807) is 0 Å². The lowest BCUT2D eigenvalue weighted by atomic mass is 9.91. The molecule has 0 radical (unpaired) electrons. The first-order chi connectivity index (χ1) is 8.08. The van der Waals surface area contributed by atoms with Gasteiger partial charge in [0.1, 0.15) is 5.75 Å². The van der Waals surface area contributed by atoms with Crippen LogP contribution in [0.3, 0.4) is 0 Å². The minimum absolute atomic E-state index is 0.185. The number of aliphatic hydroxyl groups excluding tert-OH is 1. The summed E-state index contributed by atoms with van der Waals surface area (Å²) in [6.45, 7) is 8.25. The first-order valence-corrected chi connectivity index (χ1v) is 6.53. The predicted octanol–water partition coefficient (Wildman–Crippen LogP) is 3.94. The lowest BCUT2D eigenvalue weighted by Gasteiger charge is -2.20. The number of benzene rings is 1. The van der Waals surface area contributed by atoms with Crippen LogP contribution in [0, 0.1) is 5.92 Å². The normalized spacial score (nSPS) is 13.1. The average Bonchev–Trinajstić information content (AvgIpc) is 2.30. The summed E-state index contributed by atoms with van der Waals surface area (Å²) < 4.78 is 5.58. The molecule has 1 unspecified atom stereocenters. The van der Waals surface area contributed by atoms with Gasteiger partial charge >= 0.3 is 0 Å². The molecule has 17 heavy (non-hydrogen) atoms. The zero-order valence-electron chi connectivity index (χ0n) is 11.3. The van der Waals surface area contributed by atoms with Crippen molar-refractivity contribution in [1.29, 1.82) is 0 Å². The minimum Gasteiger partial charge on any atom is -0.491 e. The molecule has 0 saturated carbocycles. The fourth-order valence-electron chi connectivity index (χ4n) is 2.02. The molecular formula is C15H24O2. The Labute approximate surface area is 105 Å². The van der Waals surface area contributed by atoms with Crippen LogP contribution in [0.5, 0.6) is 5.75 Å². The first-order valence-electron chi connectivity index (χ1n) is 6.53. The van der Waals surface area contributed by atoms with Crippen molar-refractivity contribution in [2.24, 2.45) is 5.92 Å². The van der Waals surface area contributed by atoms with E-state index in [1.807, 2.05) is 38.1 Å². The second-order valence-corrected chi connectivity index (χ2v) is 4.76. The van der Waals surface area contributed by atoms with Crippen LogP contribution in [0.1, 0.15) is 52.2 Å². The number of hydrogen-bond acceptors (Lipinski definition) is 2. The maximum Gasteiger partial charge on any atom is 0.119 e. The minimum atomic E-state index is -0.363. The van der Waals surface area contributed by atoms with E-state index in [1.165, 1.54) is 0 Å². The molecule has 2 nitrogen and oxygen atoms in total. The van der Waals surface area contributed by atoms with Gasteiger partial charge in [-0.25, -0.2) is 0 Å². The summed E-state index contributed by atoms with van der Waals surface area (Å²) in [6, 6.07) is 7.78. The Morgan fingerprint density at radius 1 is 1.06 bits per heavy atom. The number of aliphatic hydroxyl groups is 1. The molecule has 0 fully saturated rings. The second kappa shape index (κ2) is 6.65. The quantitative estimate of drug-likeness (QED) is 0.810. The summed E-state index contributed by atoms with van der Waals surface area (Å²) in [4.78, 5) is 0. The van der Waals surface area contributed by atoms with E-state index in [0.29, 0.717) is 5.92 Å². The van der Waals surface area contributed by atoms with Crippen molar-refractivity contribution in [3.05, 3.63) is 29.8 Å². The summed E-state index contributed by atoms with van der Waals surface area (Å²) in [5.74, 6) is 1.20. The SMILES string of the molecule is CCC(CC)C(O)c1ccc(OC(C)C)cc1. The summed E-state index contributed by atoms with van der Waals surface area (Å²) in [7, 11) is 0. The van der Waals surface area contributed by atoms with Crippen LogP contribution in [0.15, 0.2) is 24.3 Å². The van der Waals surface area contributed by atoms with Crippen molar-refractivity contribution in [2.45, 2.75) is 52.7 Å². The lowest BCUT2D eigenvalue weighted by Crippen LogP contribution is -2.11. The number of hydrogen-bond donors (Lipinski definition) is 1. The van der Waals surface area contributed by atoms with Crippen LogP contribution in [0.25, 0.3) is 0 Å². The molecule has 0 bridgehead atoms. The highest BCUT2D eigenvalue weighted by Crippen LogP contribution is 2.28. The van der Waals surface area contributed by atoms with Crippen molar-refractivity contribution in [2.75, 3.05) is 0 Å². The number of rotatable bonds is 6. The summed E-state index contributed by atoms with van der Waals surface area (Å²) in [5, 5.41) is 10.2. The van der Waals surface area contributed by atoms with E-state index < -0.39 is 0 Å². The third kappa shape index (κ3) is 4.04. The van der Waals surface area contributed by atoms with Gasteiger partial charge in [-0.05, 0) is 37.5 Å².